The van der Waals surface area contributed by atoms with Crippen molar-refractivity contribution >= 4 is 12.4 Å². The van der Waals surface area contributed by atoms with Gasteiger partial charge in [0.1, 0.15) is 0 Å². The van der Waals surface area contributed by atoms with E-state index in [2.05, 4.69) is 27.4 Å². The molecule has 3 heterocycles. The van der Waals surface area contributed by atoms with Gasteiger partial charge in [0, 0.05) is 24.4 Å². The van der Waals surface area contributed by atoms with E-state index in [1.54, 1.807) is 19.4 Å². The zero-order valence-electron chi connectivity index (χ0n) is 11.4. The van der Waals surface area contributed by atoms with Crippen molar-refractivity contribution in [3.63, 3.8) is 0 Å². The third kappa shape index (κ3) is 2.62. The number of nitrogens with one attached hydrogen (secondary N) is 1. The van der Waals surface area contributed by atoms with Gasteiger partial charge in [-0.2, -0.15) is 4.98 Å². The lowest BCUT2D eigenvalue weighted by atomic mass is 9.90. The Kier molecular flexibility index (Phi) is 4.25. The van der Waals surface area contributed by atoms with Gasteiger partial charge in [0.25, 0.3) is 0 Å². The number of ether oxygens (including phenoxy) is 1. The number of hydrogen-bond acceptors (Lipinski definition) is 6. The smallest absolute Gasteiger partial charge is 0.234 e. The van der Waals surface area contributed by atoms with Crippen molar-refractivity contribution < 1.29 is 9.26 Å². The normalized spacial score (nSPS) is 21.5. The molecule has 0 amide bonds. The van der Waals surface area contributed by atoms with Crippen molar-refractivity contribution in [3.8, 4) is 17.3 Å². The second-order valence-electron chi connectivity index (χ2n) is 5.00. The highest BCUT2D eigenvalue weighted by Gasteiger charge is 2.36. The Labute approximate surface area is 123 Å². The van der Waals surface area contributed by atoms with Crippen LogP contribution in [0.1, 0.15) is 19.2 Å². The number of halogens is 1. The molecule has 1 aliphatic rings. The first-order valence-electron chi connectivity index (χ1n) is 6.27. The van der Waals surface area contributed by atoms with Crippen LogP contribution in [0, 0.1) is 0 Å². The van der Waals surface area contributed by atoms with E-state index in [1.807, 2.05) is 6.07 Å². The van der Waals surface area contributed by atoms with Crippen molar-refractivity contribution in [2.75, 3.05) is 20.2 Å². The minimum Gasteiger partial charge on any atom is -0.481 e. The molecule has 0 spiro atoms. The first-order valence-corrected chi connectivity index (χ1v) is 6.27. The Morgan fingerprint density at radius 1 is 1.40 bits per heavy atom. The quantitative estimate of drug-likeness (QED) is 0.931. The Morgan fingerprint density at radius 2 is 2.25 bits per heavy atom. The summed E-state index contributed by atoms with van der Waals surface area (Å²) in [5.74, 6) is 1.82. The number of methoxy groups -OCH3 is 1. The molecule has 0 saturated carbocycles. The molecule has 0 aromatic carbocycles. The summed E-state index contributed by atoms with van der Waals surface area (Å²) in [5, 5.41) is 7.36. The fourth-order valence-electron chi connectivity index (χ4n) is 2.22. The number of hydrogen-bond donors (Lipinski definition) is 1. The van der Waals surface area contributed by atoms with Crippen LogP contribution < -0.4 is 10.1 Å². The van der Waals surface area contributed by atoms with Gasteiger partial charge in [-0.3, -0.25) is 0 Å². The number of pyridine rings is 1. The molecule has 20 heavy (non-hydrogen) atoms. The largest absolute Gasteiger partial charge is 0.481 e. The average molecular weight is 297 g/mol. The van der Waals surface area contributed by atoms with Crippen molar-refractivity contribution in [2.45, 2.75) is 18.8 Å². The molecule has 1 N–H and O–H groups in total. The molecule has 1 aliphatic heterocycles. The number of nitrogens with zero attached hydrogens (tertiary/aromatic N) is 3. The molecule has 7 heteroatoms. The van der Waals surface area contributed by atoms with Crippen LogP contribution in [0.25, 0.3) is 11.4 Å². The summed E-state index contributed by atoms with van der Waals surface area (Å²) in [4.78, 5) is 8.63. The number of rotatable bonds is 3. The molecule has 6 nitrogen and oxygen atoms in total. The first-order chi connectivity index (χ1) is 9.21. The van der Waals surface area contributed by atoms with Crippen LogP contribution in [0.3, 0.4) is 0 Å². The van der Waals surface area contributed by atoms with Crippen LogP contribution in [0.5, 0.6) is 5.88 Å². The van der Waals surface area contributed by atoms with Crippen LogP contribution in [-0.4, -0.2) is 35.3 Å². The fraction of sp³-hybridized carbons (Fsp3) is 0.462. The summed E-state index contributed by atoms with van der Waals surface area (Å²) < 4.78 is 10.4. The second kappa shape index (κ2) is 5.76. The molecule has 0 bridgehead atoms. The molecule has 1 unspecified atom stereocenters. The van der Waals surface area contributed by atoms with E-state index in [4.69, 9.17) is 9.26 Å². The standard InChI is InChI=1S/C13H16N4O2.ClH/c1-13(5-6-14-8-13)12-16-11(17-19-12)9-3-4-10(18-2)15-7-9;/h3-4,7,14H,5-6,8H2,1-2H3;1H. The maximum absolute atomic E-state index is 5.40. The fourth-order valence-corrected chi connectivity index (χ4v) is 2.22. The summed E-state index contributed by atoms with van der Waals surface area (Å²) in [6.07, 6.45) is 2.69. The van der Waals surface area contributed by atoms with E-state index >= 15 is 0 Å². The molecule has 2 aromatic rings. The summed E-state index contributed by atoms with van der Waals surface area (Å²) in [7, 11) is 1.59. The summed E-state index contributed by atoms with van der Waals surface area (Å²) in [5.41, 5.74) is 0.760. The summed E-state index contributed by atoms with van der Waals surface area (Å²) in [6, 6.07) is 3.65. The lowest BCUT2D eigenvalue weighted by molar-refractivity contribution is 0.306. The lowest BCUT2D eigenvalue weighted by Gasteiger charge is -2.15. The second-order valence-corrected chi connectivity index (χ2v) is 5.00. The Morgan fingerprint density at radius 3 is 2.85 bits per heavy atom. The predicted molar refractivity (Wildman–Crippen MR) is 76.2 cm³/mol. The van der Waals surface area contributed by atoms with E-state index in [0.717, 1.165) is 25.1 Å². The molecule has 1 atom stereocenters. The SMILES string of the molecule is COc1ccc(-c2noc(C3(C)CCNC3)n2)cn1.Cl. The Hall–Kier alpha value is -1.66. The van der Waals surface area contributed by atoms with Crippen molar-refractivity contribution in [1.82, 2.24) is 20.4 Å². The van der Waals surface area contributed by atoms with Gasteiger partial charge in [-0.15, -0.1) is 12.4 Å². The minimum absolute atomic E-state index is 0. The van der Waals surface area contributed by atoms with Crippen LogP contribution in [0.15, 0.2) is 22.9 Å². The molecular formula is C13H17ClN4O2. The van der Waals surface area contributed by atoms with Gasteiger partial charge in [0.2, 0.25) is 17.6 Å². The Balaban J connectivity index is 0.00000147. The molecule has 3 rings (SSSR count). The first kappa shape index (κ1) is 14.7. The Bertz CT molecular complexity index is 564. The van der Waals surface area contributed by atoms with E-state index in [9.17, 15) is 0 Å². The van der Waals surface area contributed by atoms with Gasteiger partial charge >= 0.3 is 0 Å². The average Bonchev–Trinajstić information content (AvgIpc) is 3.08. The molecule has 0 radical (unpaired) electrons. The molecular weight excluding hydrogens is 280 g/mol. The zero-order valence-corrected chi connectivity index (χ0v) is 12.2. The van der Waals surface area contributed by atoms with E-state index in [1.165, 1.54) is 0 Å². The topological polar surface area (TPSA) is 73.1 Å². The zero-order chi connectivity index (χ0) is 13.3. The molecule has 0 aliphatic carbocycles. The minimum atomic E-state index is -0.0643. The van der Waals surface area contributed by atoms with Crippen molar-refractivity contribution in [2.24, 2.45) is 0 Å². The van der Waals surface area contributed by atoms with Crippen molar-refractivity contribution in [1.29, 1.82) is 0 Å². The van der Waals surface area contributed by atoms with E-state index in [0.29, 0.717) is 17.6 Å². The van der Waals surface area contributed by atoms with Crippen LogP contribution in [-0.2, 0) is 5.41 Å². The lowest BCUT2D eigenvalue weighted by Crippen LogP contribution is -2.25. The van der Waals surface area contributed by atoms with Crippen LogP contribution in [0.4, 0.5) is 0 Å². The highest BCUT2D eigenvalue weighted by molar-refractivity contribution is 5.85. The highest BCUT2D eigenvalue weighted by Crippen LogP contribution is 2.30. The summed E-state index contributed by atoms with van der Waals surface area (Å²) >= 11 is 0. The summed E-state index contributed by atoms with van der Waals surface area (Å²) in [6.45, 7) is 3.99. The molecule has 2 aromatic heterocycles. The van der Waals surface area contributed by atoms with Gasteiger partial charge in [0.05, 0.1) is 12.5 Å². The van der Waals surface area contributed by atoms with Crippen molar-refractivity contribution in [3.05, 3.63) is 24.2 Å². The predicted octanol–water partition coefficient (Wildman–Crippen LogP) is 1.81. The van der Waals surface area contributed by atoms with Gasteiger partial charge in [-0.25, -0.2) is 4.98 Å². The number of aromatic nitrogens is 3. The van der Waals surface area contributed by atoms with Gasteiger partial charge in [0.15, 0.2) is 0 Å². The molecule has 1 saturated heterocycles. The monoisotopic (exact) mass is 296 g/mol. The molecule has 108 valence electrons. The highest BCUT2D eigenvalue weighted by atomic mass is 35.5. The van der Waals surface area contributed by atoms with Gasteiger partial charge < -0.3 is 14.6 Å². The third-order valence-electron chi connectivity index (χ3n) is 3.51. The van der Waals surface area contributed by atoms with E-state index < -0.39 is 0 Å². The van der Waals surface area contributed by atoms with E-state index in [-0.39, 0.29) is 17.8 Å². The maximum Gasteiger partial charge on any atom is 0.234 e. The van der Waals surface area contributed by atoms with Crippen LogP contribution >= 0.6 is 12.4 Å². The van der Waals surface area contributed by atoms with Gasteiger partial charge in [-0.1, -0.05) is 5.16 Å². The molecule has 1 fully saturated rings. The van der Waals surface area contributed by atoms with Crippen LogP contribution in [0.2, 0.25) is 0 Å². The van der Waals surface area contributed by atoms with Gasteiger partial charge in [-0.05, 0) is 26.0 Å². The third-order valence-corrected chi connectivity index (χ3v) is 3.51. The maximum atomic E-state index is 5.40.